The molecule has 0 unspecified atom stereocenters. The monoisotopic (exact) mass is 450 g/mol. The summed E-state index contributed by atoms with van der Waals surface area (Å²) in [5.41, 5.74) is 0.234. The van der Waals surface area contributed by atoms with Crippen LogP contribution in [0, 0.1) is 46.3 Å². The van der Waals surface area contributed by atoms with E-state index in [2.05, 4.69) is 20.8 Å². The summed E-state index contributed by atoms with van der Waals surface area (Å²) in [6.45, 7) is 7.88. The van der Waals surface area contributed by atoms with E-state index in [4.69, 9.17) is 9.47 Å². The number of hydrogen-bond acceptors (Lipinski definition) is 5. The SMILES string of the molecule is COCCOC(=O)CC[C@@H](C)[C@H]1CC[C@H]2[C@@H]3CC[C@@H]4C[C@H](O)CC[C@]4(C)[C@H]3C[C@H](O)[C@]12C. The van der Waals surface area contributed by atoms with E-state index in [-0.39, 0.29) is 29.0 Å². The molecule has 0 aromatic rings. The number of hydrogen-bond donors (Lipinski definition) is 2. The van der Waals surface area contributed by atoms with Crippen LogP contribution in [0.3, 0.4) is 0 Å². The maximum atomic E-state index is 12.1. The van der Waals surface area contributed by atoms with Gasteiger partial charge in [0.15, 0.2) is 0 Å². The summed E-state index contributed by atoms with van der Waals surface area (Å²) in [5.74, 6) is 3.23. The Morgan fingerprint density at radius 2 is 1.81 bits per heavy atom. The molecule has 4 fully saturated rings. The number of rotatable bonds is 7. The number of esters is 1. The van der Waals surface area contributed by atoms with Crippen LogP contribution in [0.15, 0.2) is 0 Å². The van der Waals surface area contributed by atoms with Gasteiger partial charge in [-0.1, -0.05) is 20.8 Å². The van der Waals surface area contributed by atoms with Crippen molar-refractivity contribution in [3.63, 3.8) is 0 Å². The standard InChI is InChI=1S/C27H46O5/c1-17(5-10-25(30)32-14-13-31-4)21-8-9-22-20-7-6-18-15-19(28)11-12-26(18,2)23(20)16-24(29)27(21,22)3/h17-24,28-29H,5-16H2,1-4H3/t17-,18-,19-,20+,21-,22+,23+,24+,26+,27-/m1/s1. The molecule has 5 heteroatoms. The molecule has 4 aliphatic carbocycles. The molecule has 0 amide bonds. The predicted octanol–water partition coefficient (Wildman–Crippen LogP) is 4.58. The smallest absolute Gasteiger partial charge is 0.305 e. The van der Waals surface area contributed by atoms with E-state index < -0.39 is 0 Å². The van der Waals surface area contributed by atoms with Crippen molar-refractivity contribution < 1.29 is 24.5 Å². The number of carbonyl (C=O) groups is 1. The van der Waals surface area contributed by atoms with Gasteiger partial charge in [0, 0.05) is 13.5 Å². The van der Waals surface area contributed by atoms with Crippen LogP contribution in [-0.4, -0.2) is 48.7 Å². The second-order valence-electron chi connectivity index (χ2n) is 12.1. The van der Waals surface area contributed by atoms with Crippen LogP contribution in [0.2, 0.25) is 0 Å². The van der Waals surface area contributed by atoms with Crippen molar-refractivity contribution >= 4 is 5.97 Å². The molecule has 4 rings (SSSR count). The maximum Gasteiger partial charge on any atom is 0.305 e. The van der Waals surface area contributed by atoms with E-state index >= 15 is 0 Å². The second-order valence-corrected chi connectivity index (χ2v) is 12.1. The number of aliphatic hydroxyl groups excluding tert-OH is 2. The molecular formula is C27H46O5. The van der Waals surface area contributed by atoms with Gasteiger partial charge in [0.25, 0.3) is 0 Å². The Bertz CT molecular complexity index is 666. The molecule has 184 valence electrons. The highest BCUT2D eigenvalue weighted by molar-refractivity contribution is 5.69. The highest BCUT2D eigenvalue weighted by Crippen LogP contribution is 2.68. The first kappa shape index (κ1) is 24.5. The number of aliphatic hydroxyl groups is 2. The fraction of sp³-hybridized carbons (Fsp3) is 0.963. The van der Waals surface area contributed by atoms with E-state index in [1.807, 2.05) is 0 Å². The average Bonchev–Trinajstić information content (AvgIpc) is 3.12. The Morgan fingerprint density at radius 1 is 1.03 bits per heavy atom. The first-order valence-corrected chi connectivity index (χ1v) is 13.2. The van der Waals surface area contributed by atoms with Gasteiger partial charge in [0.05, 0.1) is 18.8 Å². The van der Waals surface area contributed by atoms with Crippen molar-refractivity contribution in [3.8, 4) is 0 Å². The molecule has 0 aliphatic heterocycles. The number of carbonyl (C=O) groups excluding carboxylic acids is 1. The quantitative estimate of drug-likeness (QED) is 0.438. The van der Waals surface area contributed by atoms with Crippen molar-refractivity contribution in [2.45, 2.75) is 97.2 Å². The van der Waals surface area contributed by atoms with Crippen LogP contribution >= 0.6 is 0 Å². The Morgan fingerprint density at radius 3 is 2.56 bits per heavy atom. The topological polar surface area (TPSA) is 76.0 Å². The third-order valence-electron chi connectivity index (χ3n) is 10.9. The number of ether oxygens (including phenoxy) is 2. The third-order valence-corrected chi connectivity index (χ3v) is 10.9. The lowest BCUT2D eigenvalue weighted by molar-refractivity contribution is -0.175. The summed E-state index contributed by atoms with van der Waals surface area (Å²) in [7, 11) is 1.61. The molecule has 4 aliphatic rings. The average molecular weight is 451 g/mol. The van der Waals surface area contributed by atoms with Crippen LogP contribution in [0.1, 0.15) is 85.0 Å². The number of fused-ring (bicyclic) bond motifs is 5. The first-order chi connectivity index (χ1) is 15.2. The minimum atomic E-state index is -0.264. The fourth-order valence-electron chi connectivity index (χ4n) is 9.02. The Labute approximate surface area is 194 Å². The molecule has 0 aromatic carbocycles. The zero-order valence-electron chi connectivity index (χ0n) is 20.7. The van der Waals surface area contributed by atoms with Gasteiger partial charge in [0.2, 0.25) is 0 Å². The Balaban J connectivity index is 1.43. The highest BCUT2D eigenvalue weighted by atomic mass is 16.6. The van der Waals surface area contributed by atoms with E-state index in [1.165, 1.54) is 25.7 Å². The Kier molecular flexibility index (Phi) is 7.30. The van der Waals surface area contributed by atoms with Gasteiger partial charge in [-0.3, -0.25) is 4.79 Å². The van der Waals surface area contributed by atoms with Gasteiger partial charge in [-0.05, 0) is 104 Å². The zero-order valence-corrected chi connectivity index (χ0v) is 20.7. The predicted molar refractivity (Wildman–Crippen MR) is 124 cm³/mol. The molecule has 4 saturated carbocycles. The van der Waals surface area contributed by atoms with E-state index in [1.54, 1.807) is 7.11 Å². The normalized spacial score (nSPS) is 46.6. The summed E-state index contributed by atoms with van der Waals surface area (Å²) in [6.07, 6.45) is 9.69. The molecule has 0 radical (unpaired) electrons. The van der Waals surface area contributed by atoms with Crippen molar-refractivity contribution in [3.05, 3.63) is 0 Å². The number of methoxy groups -OCH3 is 1. The Hall–Kier alpha value is -0.650. The molecule has 0 bridgehead atoms. The van der Waals surface area contributed by atoms with Gasteiger partial charge in [-0.15, -0.1) is 0 Å². The fourth-order valence-corrected chi connectivity index (χ4v) is 9.02. The molecule has 32 heavy (non-hydrogen) atoms. The lowest BCUT2D eigenvalue weighted by atomic mass is 9.43. The minimum Gasteiger partial charge on any atom is -0.463 e. The summed E-state index contributed by atoms with van der Waals surface area (Å²) in [4.78, 5) is 12.1. The second kappa shape index (κ2) is 9.54. The summed E-state index contributed by atoms with van der Waals surface area (Å²) < 4.78 is 10.2. The van der Waals surface area contributed by atoms with Crippen molar-refractivity contribution in [1.82, 2.24) is 0 Å². The van der Waals surface area contributed by atoms with E-state index in [0.29, 0.717) is 55.1 Å². The molecule has 5 nitrogen and oxygen atoms in total. The lowest BCUT2D eigenvalue weighted by Gasteiger charge is -2.62. The molecule has 2 N–H and O–H groups in total. The van der Waals surface area contributed by atoms with Crippen LogP contribution in [0.5, 0.6) is 0 Å². The molecular weight excluding hydrogens is 404 g/mol. The molecule has 0 aromatic heterocycles. The van der Waals surface area contributed by atoms with Gasteiger partial charge in [-0.25, -0.2) is 0 Å². The molecule has 0 spiro atoms. The summed E-state index contributed by atoms with van der Waals surface area (Å²) in [6, 6.07) is 0. The minimum absolute atomic E-state index is 0.0437. The first-order valence-electron chi connectivity index (χ1n) is 13.2. The zero-order chi connectivity index (χ0) is 23.1. The van der Waals surface area contributed by atoms with E-state index in [0.717, 1.165) is 32.1 Å². The van der Waals surface area contributed by atoms with Crippen molar-refractivity contribution in [2.75, 3.05) is 20.3 Å². The van der Waals surface area contributed by atoms with Gasteiger partial charge >= 0.3 is 5.97 Å². The van der Waals surface area contributed by atoms with Gasteiger partial charge < -0.3 is 19.7 Å². The third kappa shape index (κ3) is 4.15. The summed E-state index contributed by atoms with van der Waals surface area (Å²) >= 11 is 0. The van der Waals surface area contributed by atoms with Crippen LogP contribution < -0.4 is 0 Å². The lowest BCUT2D eigenvalue weighted by Crippen LogP contribution is -2.58. The van der Waals surface area contributed by atoms with Gasteiger partial charge in [0.1, 0.15) is 6.61 Å². The van der Waals surface area contributed by atoms with Crippen molar-refractivity contribution in [2.24, 2.45) is 46.3 Å². The van der Waals surface area contributed by atoms with Gasteiger partial charge in [-0.2, -0.15) is 0 Å². The van der Waals surface area contributed by atoms with Crippen molar-refractivity contribution in [1.29, 1.82) is 0 Å². The maximum absolute atomic E-state index is 12.1. The molecule has 0 heterocycles. The van der Waals surface area contributed by atoms with Crippen LogP contribution in [-0.2, 0) is 14.3 Å². The van der Waals surface area contributed by atoms with E-state index in [9.17, 15) is 15.0 Å². The largest absolute Gasteiger partial charge is 0.463 e. The van der Waals surface area contributed by atoms with Crippen LogP contribution in [0.25, 0.3) is 0 Å². The highest BCUT2D eigenvalue weighted by Gasteiger charge is 2.63. The summed E-state index contributed by atoms with van der Waals surface area (Å²) in [5, 5.41) is 21.9. The molecule has 10 atom stereocenters. The van der Waals surface area contributed by atoms with Crippen LogP contribution in [0.4, 0.5) is 0 Å². The molecule has 0 saturated heterocycles.